The van der Waals surface area contributed by atoms with Crippen LogP contribution in [0, 0.1) is 6.07 Å². The molecule has 0 fully saturated rings. The number of benzene rings is 1. The van der Waals surface area contributed by atoms with Gasteiger partial charge in [0.25, 0.3) is 0 Å². The molecule has 0 unspecified atom stereocenters. The Morgan fingerprint density at radius 3 is 2.60 bits per heavy atom. The highest BCUT2D eigenvalue weighted by molar-refractivity contribution is 5.67. The van der Waals surface area contributed by atoms with Gasteiger partial charge in [0.15, 0.2) is 0 Å². The zero-order chi connectivity index (χ0) is 7.40. The standard InChI is InChI=1S/C7H6NO2/c8-7(9)10-6-4-2-1-3-5-6/h2-5H,(H2,8,9). The van der Waals surface area contributed by atoms with Crippen molar-refractivity contribution in [1.29, 1.82) is 0 Å². The summed E-state index contributed by atoms with van der Waals surface area (Å²) in [4.78, 5) is 10.2. The molecule has 0 spiro atoms. The average Bonchev–Trinajstić information content (AvgIpc) is 1.88. The van der Waals surface area contributed by atoms with Gasteiger partial charge in [-0.2, -0.15) is 0 Å². The van der Waals surface area contributed by atoms with Crippen LogP contribution in [0.2, 0.25) is 0 Å². The molecule has 0 heterocycles. The van der Waals surface area contributed by atoms with E-state index in [-0.39, 0.29) is 0 Å². The molecule has 1 rings (SSSR count). The fraction of sp³-hybridized carbons (Fsp3) is 0. The molecular formula is C7H6NO2. The first-order chi connectivity index (χ1) is 4.79. The minimum absolute atomic E-state index is 0.436. The maximum absolute atomic E-state index is 10.2. The number of amides is 1. The summed E-state index contributed by atoms with van der Waals surface area (Å²) >= 11 is 0. The Morgan fingerprint density at radius 2 is 2.10 bits per heavy atom. The van der Waals surface area contributed by atoms with Gasteiger partial charge in [-0.25, -0.2) is 4.79 Å². The molecule has 0 aliphatic heterocycles. The SMILES string of the molecule is NC(=O)Oc1cc[c]cc1. The molecule has 51 valence electrons. The first-order valence-corrected chi connectivity index (χ1v) is 2.72. The quantitative estimate of drug-likeness (QED) is 0.624. The molecule has 0 saturated heterocycles. The second-order valence-electron chi connectivity index (χ2n) is 1.66. The third kappa shape index (κ3) is 1.78. The lowest BCUT2D eigenvalue weighted by Crippen LogP contribution is -2.15. The average molecular weight is 136 g/mol. The third-order valence-electron chi connectivity index (χ3n) is 0.906. The lowest BCUT2D eigenvalue weighted by molar-refractivity contribution is 0.211. The van der Waals surface area contributed by atoms with Gasteiger partial charge in [-0.05, 0) is 18.2 Å². The molecule has 0 saturated carbocycles. The van der Waals surface area contributed by atoms with Crippen LogP contribution < -0.4 is 10.5 Å². The van der Waals surface area contributed by atoms with Gasteiger partial charge in [0, 0.05) is 0 Å². The molecule has 1 aromatic rings. The van der Waals surface area contributed by atoms with E-state index < -0.39 is 6.09 Å². The van der Waals surface area contributed by atoms with E-state index in [0.717, 1.165) is 0 Å². The van der Waals surface area contributed by atoms with E-state index in [4.69, 9.17) is 5.73 Å². The minimum Gasteiger partial charge on any atom is -0.411 e. The van der Waals surface area contributed by atoms with Crippen LogP contribution in [0.5, 0.6) is 5.75 Å². The monoisotopic (exact) mass is 136 g/mol. The Morgan fingerprint density at radius 1 is 1.50 bits per heavy atom. The second-order valence-corrected chi connectivity index (χ2v) is 1.66. The number of nitrogens with two attached hydrogens (primary N) is 1. The highest BCUT2D eigenvalue weighted by Crippen LogP contribution is 2.06. The van der Waals surface area contributed by atoms with Gasteiger partial charge < -0.3 is 10.5 Å². The Balaban J connectivity index is 2.67. The maximum Gasteiger partial charge on any atom is 0.409 e. The molecule has 0 aromatic heterocycles. The topological polar surface area (TPSA) is 52.3 Å². The van der Waals surface area contributed by atoms with Gasteiger partial charge in [0.2, 0.25) is 0 Å². The van der Waals surface area contributed by atoms with Crippen molar-refractivity contribution in [2.24, 2.45) is 5.73 Å². The number of carbonyl (C=O) groups excluding carboxylic acids is 1. The van der Waals surface area contributed by atoms with E-state index in [9.17, 15) is 4.79 Å². The summed E-state index contributed by atoms with van der Waals surface area (Å²) in [5.41, 5.74) is 4.75. The van der Waals surface area contributed by atoms with E-state index in [0.29, 0.717) is 5.75 Å². The van der Waals surface area contributed by atoms with Crippen LogP contribution in [-0.2, 0) is 0 Å². The van der Waals surface area contributed by atoms with Crippen molar-refractivity contribution in [2.45, 2.75) is 0 Å². The number of carbonyl (C=O) groups is 1. The number of hydrogen-bond acceptors (Lipinski definition) is 2. The van der Waals surface area contributed by atoms with Crippen molar-refractivity contribution in [3.8, 4) is 5.75 Å². The van der Waals surface area contributed by atoms with Crippen LogP contribution in [0.25, 0.3) is 0 Å². The minimum atomic E-state index is -0.800. The first-order valence-electron chi connectivity index (χ1n) is 2.72. The molecule has 3 heteroatoms. The van der Waals surface area contributed by atoms with Crippen LogP contribution in [0.15, 0.2) is 24.3 Å². The molecule has 1 aromatic carbocycles. The van der Waals surface area contributed by atoms with Crippen LogP contribution in [0.3, 0.4) is 0 Å². The van der Waals surface area contributed by atoms with Crippen molar-refractivity contribution in [3.63, 3.8) is 0 Å². The smallest absolute Gasteiger partial charge is 0.409 e. The summed E-state index contributed by atoms with van der Waals surface area (Å²) in [7, 11) is 0. The normalized spacial score (nSPS) is 8.80. The zero-order valence-corrected chi connectivity index (χ0v) is 5.20. The first kappa shape index (κ1) is 6.61. The second kappa shape index (κ2) is 2.87. The summed E-state index contributed by atoms with van der Waals surface area (Å²) in [6.07, 6.45) is -0.800. The third-order valence-corrected chi connectivity index (χ3v) is 0.906. The van der Waals surface area contributed by atoms with Gasteiger partial charge in [0.05, 0.1) is 0 Å². The van der Waals surface area contributed by atoms with E-state index in [1.165, 1.54) is 0 Å². The molecule has 0 atom stereocenters. The van der Waals surface area contributed by atoms with Crippen molar-refractivity contribution < 1.29 is 9.53 Å². The van der Waals surface area contributed by atoms with Gasteiger partial charge in [-0.15, -0.1) is 0 Å². The molecule has 1 amide bonds. The molecule has 0 aliphatic rings. The zero-order valence-electron chi connectivity index (χ0n) is 5.20. The lowest BCUT2D eigenvalue weighted by atomic mass is 10.3. The highest BCUT2D eigenvalue weighted by atomic mass is 16.5. The van der Waals surface area contributed by atoms with Crippen molar-refractivity contribution in [2.75, 3.05) is 0 Å². The fourth-order valence-electron chi connectivity index (χ4n) is 0.556. The van der Waals surface area contributed by atoms with Gasteiger partial charge in [-0.3, -0.25) is 0 Å². The maximum atomic E-state index is 10.2. The van der Waals surface area contributed by atoms with Crippen LogP contribution in [-0.4, -0.2) is 6.09 Å². The summed E-state index contributed by atoms with van der Waals surface area (Å²) in [5, 5.41) is 0. The summed E-state index contributed by atoms with van der Waals surface area (Å²) in [6, 6.07) is 9.25. The molecule has 2 N–H and O–H groups in total. The number of hydrogen-bond donors (Lipinski definition) is 1. The largest absolute Gasteiger partial charge is 0.411 e. The van der Waals surface area contributed by atoms with E-state index in [1.54, 1.807) is 24.3 Å². The predicted molar refractivity (Wildman–Crippen MR) is 35.5 cm³/mol. The lowest BCUT2D eigenvalue weighted by Gasteiger charge is -1.96. The number of primary amides is 1. The van der Waals surface area contributed by atoms with Crippen LogP contribution in [0.4, 0.5) is 4.79 Å². The van der Waals surface area contributed by atoms with Gasteiger partial charge >= 0.3 is 6.09 Å². The molecular weight excluding hydrogens is 130 g/mol. The number of rotatable bonds is 1. The Labute approximate surface area is 58.4 Å². The highest BCUT2D eigenvalue weighted by Gasteiger charge is 1.93. The van der Waals surface area contributed by atoms with Crippen molar-refractivity contribution in [1.82, 2.24) is 0 Å². The Kier molecular flexibility index (Phi) is 1.89. The van der Waals surface area contributed by atoms with E-state index >= 15 is 0 Å². The molecule has 10 heavy (non-hydrogen) atoms. The van der Waals surface area contributed by atoms with E-state index in [2.05, 4.69) is 10.8 Å². The fourth-order valence-corrected chi connectivity index (χ4v) is 0.556. The molecule has 0 bridgehead atoms. The molecule has 3 nitrogen and oxygen atoms in total. The molecule has 0 aliphatic carbocycles. The Hall–Kier alpha value is -1.51. The van der Waals surface area contributed by atoms with Gasteiger partial charge in [-0.1, -0.05) is 12.1 Å². The number of ether oxygens (including phenoxy) is 1. The van der Waals surface area contributed by atoms with Crippen molar-refractivity contribution >= 4 is 6.09 Å². The van der Waals surface area contributed by atoms with E-state index in [1.807, 2.05) is 0 Å². The van der Waals surface area contributed by atoms with Crippen LogP contribution >= 0.6 is 0 Å². The summed E-state index contributed by atoms with van der Waals surface area (Å²) < 4.78 is 4.53. The summed E-state index contributed by atoms with van der Waals surface area (Å²) in [5.74, 6) is 0.436. The van der Waals surface area contributed by atoms with Crippen molar-refractivity contribution in [3.05, 3.63) is 30.3 Å². The van der Waals surface area contributed by atoms with Crippen LogP contribution in [0.1, 0.15) is 0 Å². The Bertz CT molecular complexity index is 220. The van der Waals surface area contributed by atoms with Gasteiger partial charge in [0.1, 0.15) is 5.75 Å². The molecule has 1 radical (unpaired) electrons. The predicted octanol–water partition coefficient (Wildman–Crippen LogP) is 0.944. The summed E-state index contributed by atoms with van der Waals surface area (Å²) in [6.45, 7) is 0.